The smallest absolute Gasteiger partial charge is 0.282 e. The second-order valence-corrected chi connectivity index (χ2v) is 5.88. The van der Waals surface area contributed by atoms with Gasteiger partial charge in [0.2, 0.25) is 0 Å². The number of rotatable bonds is 1. The molecular weight excluding hydrogens is 191 g/mol. The number of allylic oxidation sites excluding steroid dienone is 2. The minimum absolute atomic E-state index is 0.0972. The second kappa shape index (κ2) is 3.05. The molecule has 6 heteroatoms. The first-order chi connectivity index (χ1) is 4.61. The van der Waals surface area contributed by atoms with Gasteiger partial charge in [-0.15, -0.1) is 11.4 Å². The largest absolute Gasteiger partial charge is 0.295 e. The van der Waals surface area contributed by atoms with E-state index in [1.54, 1.807) is 11.5 Å². The van der Waals surface area contributed by atoms with Crippen LogP contribution in [-0.4, -0.2) is 13.0 Å². The first kappa shape index (κ1) is 8.27. The number of hydrogen-bond donors (Lipinski definition) is 1. The van der Waals surface area contributed by atoms with Crippen LogP contribution >= 0.6 is 19.2 Å². The number of hydrogen-bond acceptors (Lipinski definition) is 3. The van der Waals surface area contributed by atoms with Crippen molar-refractivity contribution in [3.63, 3.8) is 0 Å². The molecule has 1 rings (SSSR count). The van der Waals surface area contributed by atoms with Crippen LogP contribution in [0, 0.1) is 0 Å². The van der Waals surface area contributed by atoms with Gasteiger partial charge in [-0.25, -0.2) is 0 Å². The normalized spacial score (nSPS) is 21.1. The molecule has 0 aromatic carbocycles. The molecule has 1 aliphatic heterocycles. The van der Waals surface area contributed by atoms with Crippen LogP contribution in [0.15, 0.2) is 22.2 Å². The van der Waals surface area contributed by atoms with E-state index in [2.05, 4.69) is 0 Å². The highest BCUT2D eigenvalue weighted by Gasteiger charge is 2.13. The minimum Gasteiger partial charge on any atom is -0.282 e. The molecule has 56 valence electrons. The van der Waals surface area contributed by atoms with Crippen LogP contribution in [0.25, 0.3) is 0 Å². The zero-order valence-electron chi connectivity index (χ0n) is 4.81. The van der Waals surface area contributed by atoms with E-state index in [0.717, 1.165) is 0 Å². The molecule has 3 nitrogen and oxygen atoms in total. The Morgan fingerprint density at radius 1 is 1.60 bits per heavy atom. The van der Waals surface area contributed by atoms with E-state index >= 15 is 0 Å². The Kier molecular flexibility index (Phi) is 2.52. The summed E-state index contributed by atoms with van der Waals surface area (Å²) < 4.78 is 29.5. The van der Waals surface area contributed by atoms with Gasteiger partial charge in [-0.2, -0.15) is 8.42 Å². The van der Waals surface area contributed by atoms with Crippen molar-refractivity contribution in [1.82, 2.24) is 0 Å². The maximum Gasteiger partial charge on any atom is 0.295 e. The summed E-state index contributed by atoms with van der Waals surface area (Å²) in [7, 11) is -3.83. The standard InChI is InChI=1S/C4H5O3PS2/c5-10(6,7)4-2-1-3-9-8-4/h1-3,8H,(H,5,6,7). The molecule has 1 atom stereocenters. The molecule has 0 spiro atoms. The highest BCUT2D eigenvalue weighted by molar-refractivity contribution is 8.54. The summed E-state index contributed by atoms with van der Waals surface area (Å²) in [4.78, 5) is 0. The molecule has 1 N–H and O–H groups in total. The van der Waals surface area contributed by atoms with Gasteiger partial charge in [-0.1, -0.05) is 6.08 Å². The van der Waals surface area contributed by atoms with E-state index in [1.165, 1.54) is 17.5 Å². The second-order valence-electron chi connectivity index (χ2n) is 1.55. The summed E-state index contributed by atoms with van der Waals surface area (Å²) in [6, 6.07) is 0. The van der Waals surface area contributed by atoms with Crippen molar-refractivity contribution in [2.75, 3.05) is 0 Å². The Balaban J connectivity index is 2.93. The summed E-state index contributed by atoms with van der Waals surface area (Å²) in [6.45, 7) is 0. The van der Waals surface area contributed by atoms with Crippen LogP contribution in [0.5, 0.6) is 0 Å². The van der Waals surface area contributed by atoms with E-state index in [1.807, 2.05) is 0 Å². The lowest BCUT2D eigenvalue weighted by Gasteiger charge is -2.02. The molecule has 0 radical (unpaired) electrons. The highest BCUT2D eigenvalue weighted by Crippen LogP contribution is 2.43. The monoisotopic (exact) mass is 196 g/mol. The quantitative estimate of drug-likeness (QED) is 0.511. The van der Waals surface area contributed by atoms with Crippen molar-refractivity contribution < 1.29 is 13.0 Å². The van der Waals surface area contributed by atoms with Crippen LogP contribution < -0.4 is 0 Å². The molecule has 1 heterocycles. The maximum absolute atomic E-state index is 10.4. The Hall–Kier alpha value is 0.170. The average Bonchev–Trinajstić information content (AvgIpc) is 1.88. The molecular formula is C4H5O3PS2. The molecule has 1 aliphatic rings. The zero-order chi connectivity index (χ0) is 7.61. The average molecular weight is 196 g/mol. The fraction of sp³-hybridized carbons (Fsp3) is 0. The van der Waals surface area contributed by atoms with Crippen molar-refractivity contribution in [1.29, 1.82) is 0 Å². The summed E-state index contributed by atoms with van der Waals surface area (Å²) in [5.41, 5.74) is 0. The van der Waals surface area contributed by atoms with E-state index in [4.69, 9.17) is 4.55 Å². The van der Waals surface area contributed by atoms with E-state index in [0.29, 0.717) is 0 Å². The topological polar surface area (TPSA) is 54.4 Å². The highest BCUT2D eigenvalue weighted by atomic mass is 32.7. The summed E-state index contributed by atoms with van der Waals surface area (Å²) in [5, 5.41) is 1.78. The van der Waals surface area contributed by atoms with Gasteiger partial charge < -0.3 is 0 Å². The Labute approximate surface area is 64.9 Å². The Bertz CT molecular complexity index is 277. The van der Waals surface area contributed by atoms with E-state index in [-0.39, 0.29) is 12.4 Å². The SMILES string of the molecule is O=S(=O)(O)C1=CC=CSP1. The van der Waals surface area contributed by atoms with Gasteiger partial charge in [0.15, 0.2) is 0 Å². The van der Waals surface area contributed by atoms with Crippen molar-refractivity contribution >= 4 is 29.3 Å². The summed E-state index contributed by atoms with van der Waals surface area (Å²) in [6.07, 6.45) is 3.01. The molecule has 0 bridgehead atoms. The third-order valence-electron chi connectivity index (χ3n) is 0.832. The van der Waals surface area contributed by atoms with Crippen LogP contribution in [0.1, 0.15) is 0 Å². The van der Waals surface area contributed by atoms with E-state index in [9.17, 15) is 8.42 Å². The van der Waals surface area contributed by atoms with Gasteiger partial charge in [0.25, 0.3) is 10.1 Å². The molecule has 1 unspecified atom stereocenters. The summed E-state index contributed by atoms with van der Waals surface area (Å²) >= 11 is 1.37. The lowest BCUT2D eigenvalue weighted by Crippen LogP contribution is -1.96. The third kappa shape index (κ3) is 2.09. The molecule has 0 aliphatic carbocycles. The molecule has 0 amide bonds. The molecule has 0 aromatic heterocycles. The lowest BCUT2D eigenvalue weighted by molar-refractivity contribution is 0.493. The molecule has 0 saturated carbocycles. The molecule has 0 fully saturated rings. The fourth-order valence-corrected chi connectivity index (χ4v) is 3.98. The lowest BCUT2D eigenvalue weighted by atomic mass is 10.6. The predicted molar refractivity (Wildman–Crippen MR) is 44.7 cm³/mol. The van der Waals surface area contributed by atoms with Gasteiger partial charge in [-0.05, 0) is 19.3 Å². The maximum atomic E-state index is 10.4. The van der Waals surface area contributed by atoms with E-state index < -0.39 is 10.1 Å². The molecule has 0 saturated heterocycles. The zero-order valence-corrected chi connectivity index (χ0v) is 7.45. The van der Waals surface area contributed by atoms with Gasteiger partial charge >= 0.3 is 0 Å². The van der Waals surface area contributed by atoms with Gasteiger partial charge in [0, 0.05) is 0 Å². The molecule has 10 heavy (non-hydrogen) atoms. The van der Waals surface area contributed by atoms with Gasteiger partial charge in [-0.3, -0.25) is 4.55 Å². The van der Waals surface area contributed by atoms with Crippen molar-refractivity contribution in [3.8, 4) is 0 Å². The fourth-order valence-electron chi connectivity index (χ4n) is 0.431. The molecule has 0 aromatic rings. The first-order valence-corrected chi connectivity index (χ1v) is 6.41. The van der Waals surface area contributed by atoms with Crippen molar-refractivity contribution in [2.24, 2.45) is 0 Å². The van der Waals surface area contributed by atoms with Crippen molar-refractivity contribution in [2.45, 2.75) is 0 Å². The minimum atomic E-state index is -3.92. The predicted octanol–water partition coefficient (Wildman–Crippen LogP) is 1.57. The summed E-state index contributed by atoms with van der Waals surface area (Å²) in [5.74, 6) is 0. The van der Waals surface area contributed by atoms with Gasteiger partial charge in [0.1, 0.15) is 4.65 Å². The van der Waals surface area contributed by atoms with Crippen LogP contribution in [-0.2, 0) is 10.1 Å². The Morgan fingerprint density at radius 3 is 2.60 bits per heavy atom. The first-order valence-electron chi connectivity index (χ1n) is 2.37. The third-order valence-corrected chi connectivity index (χ3v) is 5.19. The van der Waals surface area contributed by atoms with Gasteiger partial charge in [0.05, 0.1) is 0 Å². The van der Waals surface area contributed by atoms with Crippen LogP contribution in [0.3, 0.4) is 0 Å². The Morgan fingerprint density at radius 2 is 2.30 bits per heavy atom. The van der Waals surface area contributed by atoms with Crippen molar-refractivity contribution in [3.05, 3.63) is 22.2 Å². The van der Waals surface area contributed by atoms with Crippen LogP contribution in [0.4, 0.5) is 0 Å². The van der Waals surface area contributed by atoms with Crippen LogP contribution in [0.2, 0.25) is 0 Å².